The number of amides is 2. The first-order chi connectivity index (χ1) is 18.8. The molecule has 0 unspecified atom stereocenters. The average molecular weight is 584 g/mol. The highest BCUT2D eigenvalue weighted by atomic mass is 35.5. The van der Waals surface area contributed by atoms with Crippen molar-refractivity contribution >= 4 is 39.1 Å². The number of benzene rings is 3. The fraction of sp³-hybridized carbons (Fsp3) is 0.355. The summed E-state index contributed by atoms with van der Waals surface area (Å²) in [5, 5.41) is 3.38. The van der Waals surface area contributed by atoms with Gasteiger partial charge < -0.3 is 10.2 Å². The Hall–Kier alpha value is -3.36. The van der Waals surface area contributed by atoms with E-state index >= 15 is 0 Å². The summed E-state index contributed by atoms with van der Waals surface area (Å²) in [4.78, 5) is 28.7. The van der Waals surface area contributed by atoms with E-state index in [9.17, 15) is 18.0 Å². The number of halogens is 1. The number of carbonyl (C=O) groups excluding carboxylic acids is 2. The summed E-state index contributed by atoms with van der Waals surface area (Å²) >= 11 is 6.42. The van der Waals surface area contributed by atoms with Crippen LogP contribution in [0.3, 0.4) is 0 Å². The van der Waals surface area contributed by atoms with Crippen LogP contribution in [-0.4, -0.2) is 43.8 Å². The fourth-order valence-corrected chi connectivity index (χ4v) is 5.86. The van der Waals surface area contributed by atoms with Gasteiger partial charge in [-0.15, -0.1) is 0 Å². The number of aryl methyl sites for hydroxylation is 3. The second kappa shape index (κ2) is 13.3. The zero-order valence-corrected chi connectivity index (χ0v) is 25.5. The third-order valence-corrected chi connectivity index (χ3v) is 9.13. The van der Waals surface area contributed by atoms with Gasteiger partial charge in [0.25, 0.3) is 10.0 Å². The van der Waals surface area contributed by atoms with Crippen LogP contribution in [0, 0.1) is 20.8 Å². The number of rotatable bonds is 11. The number of nitrogens with zero attached hydrogens (tertiary/aromatic N) is 2. The summed E-state index contributed by atoms with van der Waals surface area (Å²) in [7, 11) is -4.13. The number of hydrogen-bond donors (Lipinski definition) is 1. The van der Waals surface area contributed by atoms with Crippen LogP contribution in [0.25, 0.3) is 0 Å². The van der Waals surface area contributed by atoms with Crippen LogP contribution in [-0.2, 0) is 26.2 Å². The molecule has 0 heterocycles. The third-order valence-electron chi connectivity index (χ3n) is 6.99. The minimum Gasteiger partial charge on any atom is -0.352 e. The first-order valence-electron chi connectivity index (χ1n) is 13.3. The maximum absolute atomic E-state index is 14.1. The first-order valence-corrected chi connectivity index (χ1v) is 15.2. The lowest BCUT2D eigenvalue weighted by molar-refractivity contribution is -0.139. The predicted octanol–water partition coefficient (Wildman–Crippen LogP) is 5.79. The summed E-state index contributed by atoms with van der Waals surface area (Å²) in [6, 6.07) is 18.1. The van der Waals surface area contributed by atoms with E-state index in [1.807, 2.05) is 39.8 Å². The van der Waals surface area contributed by atoms with Crippen molar-refractivity contribution in [3.63, 3.8) is 0 Å². The molecule has 0 saturated heterocycles. The normalized spacial score (nSPS) is 12.9. The van der Waals surface area contributed by atoms with E-state index in [1.165, 1.54) is 17.0 Å². The summed E-state index contributed by atoms with van der Waals surface area (Å²) < 4.78 is 29.2. The molecule has 214 valence electrons. The van der Waals surface area contributed by atoms with Crippen molar-refractivity contribution in [2.75, 3.05) is 10.8 Å². The van der Waals surface area contributed by atoms with Crippen molar-refractivity contribution < 1.29 is 18.0 Å². The molecule has 9 heteroatoms. The van der Waals surface area contributed by atoms with Crippen LogP contribution in [0.5, 0.6) is 0 Å². The molecule has 3 aromatic carbocycles. The zero-order valence-electron chi connectivity index (χ0n) is 23.9. The SMILES string of the molecule is CC[C@H](C)NC(=O)[C@H](C)N(Cc1ccccc1Cl)C(=O)CN(c1cc(C)ccc1C)S(=O)(=O)c1ccc(C)cc1. The molecular weight excluding hydrogens is 546 g/mol. The topological polar surface area (TPSA) is 86.8 Å². The van der Waals surface area contributed by atoms with Gasteiger partial charge in [-0.2, -0.15) is 0 Å². The predicted molar refractivity (Wildman–Crippen MR) is 161 cm³/mol. The van der Waals surface area contributed by atoms with Crippen LogP contribution in [0.15, 0.2) is 71.6 Å². The Kier molecular flexibility index (Phi) is 10.4. The lowest BCUT2D eigenvalue weighted by Crippen LogP contribution is -2.52. The van der Waals surface area contributed by atoms with Crippen LogP contribution in [0.2, 0.25) is 5.02 Å². The van der Waals surface area contributed by atoms with Crippen molar-refractivity contribution in [2.45, 2.75) is 71.5 Å². The summed E-state index contributed by atoms with van der Waals surface area (Å²) in [6.45, 7) is 10.6. The van der Waals surface area contributed by atoms with Crippen molar-refractivity contribution in [1.29, 1.82) is 0 Å². The fourth-order valence-electron chi connectivity index (χ4n) is 4.20. The molecule has 7 nitrogen and oxygen atoms in total. The molecule has 0 aliphatic rings. The zero-order chi connectivity index (χ0) is 29.6. The summed E-state index contributed by atoms with van der Waals surface area (Å²) in [6.07, 6.45) is 0.728. The maximum atomic E-state index is 14.1. The van der Waals surface area contributed by atoms with Gasteiger partial charge in [-0.05, 0) is 82.0 Å². The highest BCUT2D eigenvalue weighted by Gasteiger charge is 2.33. The third kappa shape index (κ3) is 7.43. The molecular formula is C31H38ClN3O4S. The van der Waals surface area contributed by atoms with E-state index < -0.39 is 28.5 Å². The molecule has 0 aromatic heterocycles. The minimum absolute atomic E-state index is 0.0405. The van der Waals surface area contributed by atoms with Gasteiger partial charge >= 0.3 is 0 Å². The van der Waals surface area contributed by atoms with Crippen molar-refractivity contribution in [1.82, 2.24) is 10.2 Å². The molecule has 3 aromatic rings. The van der Waals surface area contributed by atoms with Gasteiger partial charge in [-0.3, -0.25) is 13.9 Å². The second-order valence-electron chi connectivity index (χ2n) is 10.2. The largest absolute Gasteiger partial charge is 0.352 e. The average Bonchev–Trinajstić information content (AvgIpc) is 2.92. The van der Waals surface area contributed by atoms with E-state index in [2.05, 4.69) is 5.32 Å². The van der Waals surface area contributed by atoms with Gasteiger partial charge in [-0.1, -0.05) is 66.6 Å². The van der Waals surface area contributed by atoms with Crippen LogP contribution >= 0.6 is 11.6 Å². The van der Waals surface area contributed by atoms with E-state index in [4.69, 9.17) is 11.6 Å². The minimum atomic E-state index is -4.13. The smallest absolute Gasteiger partial charge is 0.264 e. The molecule has 0 fully saturated rings. The molecule has 2 amide bonds. The van der Waals surface area contributed by atoms with Crippen molar-refractivity contribution in [3.8, 4) is 0 Å². The van der Waals surface area contributed by atoms with Gasteiger partial charge in [0.1, 0.15) is 12.6 Å². The highest BCUT2D eigenvalue weighted by Crippen LogP contribution is 2.29. The van der Waals surface area contributed by atoms with Gasteiger partial charge in [0.05, 0.1) is 10.6 Å². The van der Waals surface area contributed by atoms with Crippen LogP contribution in [0.1, 0.15) is 49.4 Å². The van der Waals surface area contributed by atoms with E-state index in [1.54, 1.807) is 56.3 Å². The van der Waals surface area contributed by atoms with Gasteiger partial charge in [-0.25, -0.2) is 8.42 Å². The van der Waals surface area contributed by atoms with Crippen LogP contribution in [0.4, 0.5) is 5.69 Å². The monoisotopic (exact) mass is 583 g/mol. The van der Waals surface area contributed by atoms with Gasteiger partial charge in [0.15, 0.2) is 0 Å². The number of sulfonamides is 1. The second-order valence-corrected chi connectivity index (χ2v) is 12.5. The van der Waals surface area contributed by atoms with Gasteiger partial charge in [0.2, 0.25) is 11.8 Å². The molecule has 3 rings (SSSR count). The number of anilines is 1. The Morgan fingerprint density at radius 1 is 0.925 bits per heavy atom. The quantitative estimate of drug-likeness (QED) is 0.309. The van der Waals surface area contributed by atoms with Crippen molar-refractivity contribution in [2.24, 2.45) is 0 Å². The lowest BCUT2D eigenvalue weighted by Gasteiger charge is -2.33. The lowest BCUT2D eigenvalue weighted by atomic mass is 10.1. The molecule has 40 heavy (non-hydrogen) atoms. The van der Waals surface area contributed by atoms with Crippen molar-refractivity contribution in [3.05, 3.63) is 94.0 Å². The standard InChI is InChI=1S/C31H38ClN3O4S/c1-7-24(5)33-31(37)25(6)34(19-26-10-8-9-11-28(26)32)30(36)20-35(29-18-22(3)12-15-23(29)4)40(38,39)27-16-13-21(2)14-17-27/h8-18,24-25H,7,19-20H2,1-6H3,(H,33,37)/t24-,25-/m0/s1. The number of carbonyl (C=O) groups is 2. The molecule has 1 N–H and O–H groups in total. The maximum Gasteiger partial charge on any atom is 0.264 e. The first kappa shape index (κ1) is 31.2. The number of nitrogens with one attached hydrogen (secondary N) is 1. The number of hydrogen-bond acceptors (Lipinski definition) is 4. The Morgan fingerprint density at radius 3 is 2.17 bits per heavy atom. The Morgan fingerprint density at radius 2 is 1.55 bits per heavy atom. The summed E-state index contributed by atoms with van der Waals surface area (Å²) in [5.41, 5.74) is 3.53. The Labute approximate surface area is 243 Å². The highest BCUT2D eigenvalue weighted by molar-refractivity contribution is 7.92. The summed E-state index contributed by atoms with van der Waals surface area (Å²) in [5.74, 6) is -0.849. The van der Waals surface area contributed by atoms with E-state index in [-0.39, 0.29) is 23.4 Å². The molecule has 0 aliphatic heterocycles. The van der Waals surface area contributed by atoms with E-state index in [0.717, 1.165) is 21.9 Å². The molecule has 0 saturated carbocycles. The molecule has 2 atom stereocenters. The molecule has 0 aliphatic carbocycles. The molecule has 0 radical (unpaired) electrons. The Bertz CT molecular complexity index is 1460. The Balaban J connectivity index is 2.08. The van der Waals surface area contributed by atoms with E-state index in [0.29, 0.717) is 21.8 Å². The molecule has 0 spiro atoms. The molecule has 0 bridgehead atoms. The van der Waals surface area contributed by atoms with Crippen LogP contribution < -0.4 is 9.62 Å². The van der Waals surface area contributed by atoms with Gasteiger partial charge in [0, 0.05) is 17.6 Å².